The molecule has 2 atom stereocenters. The second kappa shape index (κ2) is 12.5. The summed E-state index contributed by atoms with van der Waals surface area (Å²) in [5.74, 6) is -0.829. The standard InChI is InChI=1S/C29H37ClN6O6/c1-29(2)17-36(16-25(39)35-7-10-41-11-8-35)27(23(42-29)14-24(38)34(3)6-9-37)28(40)33-21-13-18(30)12-20-19-4-5-31-15-22(19)32-26(20)21/h4-5,12-13,15,23,27,32,37H,6-11,14,16-17H2,1-3H3,(H,33,40)/t23-,27-/m0/s1. The summed E-state index contributed by atoms with van der Waals surface area (Å²) in [7, 11) is 1.59. The van der Waals surface area contributed by atoms with Crippen LogP contribution in [0.1, 0.15) is 20.3 Å². The smallest absolute Gasteiger partial charge is 0.244 e. The number of amides is 3. The van der Waals surface area contributed by atoms with Gasteiger partial charge in [0.15, 0.2) is 0 Å². The van der Waals surface area contributed by atoms with Crippen molar-refractivity contribution in [1.29, 1.82) is 0 Å². The van der Waals surface area contributed by atoms with Crippen LogP contribution in [0.5, 0.6) is 0 Å². The summed E-state index contributed by atoms with van der Waals surface area (Å²) in [6.45, 7) is 5.87. The average Bonchev–Trinajstić information content (AvgIpc) is 3.31. The van der Waals surface area contributed by atoms with E-state index in [0.717, 1.165) is 16.3 Å². The Bertz CT molecular complexity index is 1470. The highest BCUT2D eigenvalue weighted by Gasteiger charge is 2.46. The van der Waals surface area contributed by atoms with Crippen LogP contribution in [-0.4, -0.2) is 125 Å². The maximum absolute atomic E-state index is 14.2. The number of likely N-dealkylation sites (N-methyl/N-ethyl adjacent to an activating group) is 1. The molecule has 12 nitrogen and oxygen atoms in total. The number of H-pyrrole nitrogens is 1. The van der Waals surface area contributed by atoms with Gasteiger partial charge < -0.3 is 34.7 Å². The Morgan fingerprint density at radius 3 is 2.74 bits per heavy atom. The van der Waals surface area contributed by atoms with Crippen molar-refractivity contribution >= 4 is 56.8 Å². The Hall–Kier alpha value is -3.29. The van der Waals surface area contributed by atoms with E-state index in [9.17, 15) is 19.5 Å². The molecule has 3 amide bonds. The predicted molar refractivity (Wildman–Crippen MR) is 158 cm³/mol. The Morgan fingerprint density at radius 1 is 1.24 bits per heavy atom. The van der Waals surface area contributed by atoms with Crippen molar-refractivity contribution in [1.82, 2.24) is 24.7 Å². The number of fused-ring (bicyclic) bond motifs is 3. The third-order valence-electron chi connectivity index (χ3n) is 7.74. The highest BCUT2D eigenvalue weighted by atomic mass is 35.5. The van der Waals surface area contributed by atoms with Crippen molar-refractivity contribution in [2.24, 2.45) is 0 Å². The molecule has 0 radical (unpaired) electrons. The highest BCUT2D eigenvalue weighted by Crippen LogP contribution is 2.34. The lowest BCUT2D eigenvalue weighted by Crippen LogP contribution is -2.65. The fraction of sp³-hybridized carbons (Fsp3) is 0.517. The van der Waals surface area contributed by atoms with E-state index in [0.29, 0.717) is 49.1 Å². The van der Waals surface area contributed by atoms with Gasteiger partial charge in [-0.2, -0.15) is 0 Å². The molecule has 3 aromatic rings. The van der Waals surface area contributed by atoms with Gasteiger partial charge in [0, 0.05) is 55.2 Å². The van der Waals surface area contributed by atoms with Crippen LogP contribution in [0.15, 0.2) is 30.6 Å². The summed E-state index contributed by atoms with van der Waals surface area (Å²) < 4.78 is 11.8. The van der Waals surface area contributed by atoms with Crippen molar-refractivity contribution in [3.8, 4) is 0 Å². The molecule has 2 fully saturated rings. The van der Waals surface area contributed by atoms with E-state index in [1.165, 1.54) is 4.90 Å². The first-order valence-corrected chi connectivity index (χ1v) is 14.4. The highest BCUT2D eigenvalue weighted by molar-refractivity contribution is 6.33. The number of carbonyl (C=O) groups excluding carboxylic acids is 3. The molecule has 3 N–H and O–H groups in total. The van der Waals surface area contributed by atoms with E-state index >= 15 is 0 Å². The molecule has 0 saturated carbocycles. The fourth-order valence-electron chi connectivity index (χ4n) is 5.79. The monoisotopic (exact) mass is 600 g/mol. The van der Waals surface area contributed by atoms with E-state index in [-0.39, 0.29) is 37.9 Å². The molecule has 0 spiro atoms. The van der Waals surface area contributed by atoms with Crippen molar-refractivity contribution in [2.75, 3.05) is 64.9 Å². The van der Waals surface area contributed by atoms with Gasteiger partial charge in [0.05, 0.1) is 67.4 Å². The number of anilines is 1. The third kappa shape index (κ3) is 6.52. The minimum absolute atomic E-state index is 0.0228. The maximum atomic E-state index is 14.2. The van der Waals surface area contributed by atoms with Gasteiger partial charge in [-0.25, -0.2) is 0 Å². The second-order valence-corrected chi connectivity index (χ2v) is 11.8. The number of pyridine rings is 1. The van der Waals surface area contributed by atoms with E-state index in [4.69, 9.17) is 21.1 Å². The number of aromatic nitrogens is 2. The summed E-state index contributed by atoms with van der Waals surface area (Å²) in [6, 6.07) is 4.39. The Morgan fingerprint density at radius 2 is 2.00 bits per heavy atom. The number of aliphatic hydroxyl groups is 1. The zero-order valence-electron chi connectivity index (χ0n) is 24.1. The van der Waals surface area contributed by atoms with Gasteiger partial charge in [0.2, 0.25) is 17.7 Å². The summed E-state index contributed by atoms with van der Waals surface area (Å²) in [5, 5.41) is 14.5. The first-order chi connectivity index (χ1) is 20.1. The van der Waals surface area contributed by atoms with Crippen LogP contribution in [0.4, 0.5) is 5.69 Å². The number of benzene rings is 1. The lowest BCUT2D eigenvalue weighted by molar-refractivity contribution is -0.179. The third-order valence-corrected chi connectivity index (χ3v) is 7.96. The van der Waals surface area contributed by atoms with Crippen molar-refractivity contribution in [3.63, 3.8) is 0 Å². The number of aliphatic hydroxyl groups excluding tert-OH is 1. The molecule has 0 bridgehead atoms. The van der Waals surface area contributed by atoms with E-state index in [2.05, 4.69) is 15.3 Å². The zero-order valence-corrected chi connectivity index (χ0v) is 24.8. The number of hydrogen-bond acceptors (Lipinski definition) is 8. The summed E-state index contributed by atoms with van der Waals surface area (Å²) in [5.41, 5.74) is 1.20. The number of aromatic amines is 1. The average molecular weight is 601 g/mol. The number of morpholine rings is 2. The zero-order chi connectivity index (χ0) is 30.0. The van der Waals surface area contributed by atoms with Crippen LogP contribution >= 0.6 is 11.6 Å². The minimum Gasteiger partial charge on any atom is -0.395 e. The van der Waals surface area contributed by atoms with Crippen molar-refractivity contribution < 1.29 is 29.0 Å². The molecule has 1 aromatic carbocycles. The number of hydrogen-bond donors (Lipinski definition) is 3. The van der Waals surface area contributed by atoms with Gasteiger partial charge in [0.1, 0.15) is 6.04 Å². The van der Waals surface area contributed by atoms with Gasteiger partial charge in [-0.3, -0.25) is 24.3 Å². The molecule has 13 heteroatoms. The van der Waals surface area contributed by atoms with Gasteiger partial charge in [0.25, 0.3) is 0 Å². The summed E-state index contributed by atoms with van der Waals surface area (Å²) in [6.07, 6.45) is 2.43. The van der Waals surface area contributed by atoms with E-state index < -0.39 is 23.7 Å². The molecule has 0 aliphatic carbocycles. The normalized spacial score (nSPS) is 21.0. The molecule has 5 rings (SSSR count). The van der Waals surface area contributed by atoms with Crippen molar-refractivity contribution in [3.05, 3.63) is 35.6 Å². The van der Waals surface area contributed by atoms with Crippen LogP contribution < -0.4 is 5.32 Å². The van der Waals surface area contributed by atoms with Crippen LogP contribution in [-0.2, 0) is 23.9 Å². The fourth-order valence-corrected chi connectivity index (χ4v) is 6.01. The molecule has 2 aromatic heterocycles. The molecule has 42 heavy (non-hydrogen) atoms. The van der Waals surface area contributed by atoms with E-state index in [1.807, 2.05) is 26.0 Å². The maximum Gasteiger partial charge on any atom is 0.244 e. The van der Waals surface area contributed by atoms with E-state index in [1.54, 1.807) is 35.3 Å². The number of carbonyl (C=O) groups is 3. The van der Waals surface area contributed by atoms with Crippen LogP contribution in [0, 0.1) is 0 Å². The molecule has 2 saturated heterocycles. The Labute approximate surface area is 248 Å². The Balaban J connectivity index is 1.49. The molecular weight excluding hydrogens is 564 g/mol. The van der Waals surface area contributed by atoms with Gasteiger partial charge in [-0.05, 0) is 32.0 Å². The quantitative estimate of drug-likeness (QED) is 0.356. The summed E-state index contributed by atoms with van der Waals surface area (Å²) in [4.78, 5) is 53.1. The SMILES string of the molecule is CN(CCO)C(=O)C[C@@H]1OC(C)(C)CN(CC(=O)N2CCOCC2)[C@@H]1C(=O)Nc1cc(Cl)cc2c1[nH]c1cnccc12. The van der Waals surface area contributed by atoms with Crippen molar-refractivity contribution in [2.45, 2.75) is 38.0 Å². The van der Waals surface area contributed by atoms with Gasteiger partial charge >= 0.3 is 0 Å². The first-order valence-electron chi connectivity index (χ1n) is 14.0. The topological polar surface area (TPSA) is 140 Å². The second-order valence-electron chi connectivity index (χ2n) is 11.4. The van der Waals surface area contributed by atoms with Gasteiger partial charge in [-0.1, -0.05) is 11.6 Å². The van der Waals surface area contributed by atoms with Gasteiger partial charge in [-0.15, -0.1) is 0 Å². The predicted octanol–water partition coefficient (Wildman–Crippen LogP) is 1.86. The lowest BCUT2D eigenvalue weighted by Gasteiger charge is -2.47. The lowest BCUT2D eigenvalue weighted by atomic mass is 9.95. The molecule has 226 valence electrons. The molecule has 0 unspecified atom stereocenters. The molecular formula is C29H37ClN6O6. The van der Waals surface area contributed by atoms with Crippen LogP contribution in [0.25, 0.3) is 21.8 Å². The number of nitrogens with zero attached hydrogens (tertiary/aromatic N) is 4. The molecule has 2 aliphatic heterocycles. The Kier molecular flexibility index (Phi) is 9.00. The minimum atomic E-state index is -0.963. The van der Waals surface area contributed by atoms with Crippen LogP contribution in [0.2, 0.25) is 5.02 Å². The number of ether oxygens (including phenoxy) is 2. The number of halogens is 1. The number of nitrogens with one attached hydrogen (secondary N) is 2. The first kappa shape index (κ1) is 30.2. The largest absolute Gasteiger partial charge is 0.395 e. The molecule has 2 aliphatic rings. The summed E-state index contributed by atoms with van der Waals surface area (Å²) >= 11 is 6.49. The van der Waals surface area contributed by atoms with Crippen LogP contribution in [0.3, 0.4) is 0 Å². The molecule has 4 heterocycles. The number of rotatable bonds is 8.